The van der Waals surface area contributed by atoms with Gasteiger partial charge < -0.3 is 11.1 Å². The molecule has 1 rings (SSSR count). The van der Waals surface area contributed by atoms with Gasteiger partial charge in [-0.3, -0.25) is 9.00 Å². The van der Waals surface area contributed by atoms with Crippen LogP contribution in [0, 0.1) is 6.92 Å². The maximum Gasteiger partial charge on any atom is 0.270 e. The van der Waals surface area contributed by atoms with E-state index in [1.54, 1.807) is 26.2 Å². The molecule has 1 aromatic rings. The zero-order valence-electron chi connectivity index (χ0n) is 10.1. The summed E-state index contributed by atoms with van der Waals surface area (Å²) in [7, 11) is -0.964. The van der Waals surface area contributed by atoms with Crippen molar-refractivity contribution in [3.8, 4) is 0 Å². The van der Waals surface area contributed by atoms with E-state index in [-0.39, 0.29) is 22.8 Å². The van der Waals surface area contributed by atoms with E-state index in [1.807, 2.05) is 0 Å². The van der Waals surface area contributed by atoms with Gasteiger partial charge in [-0.1, -0.05) is 0 Å². The number of amides is 1. The highest BCUT2D eigenvalue weighted by molar-refractivity contribution is 7.84. The molecule has 2 atom stereocenters. The lowest BCUT2D eigenvalue weighted by atomic mass is 10.3. The van der Waals surface area contributed by atoms with Gasteiger partial charge >= 0.3 is 0 Å². The fourth-order valence-corrected chi connectivity index (χ4v) is 1.47. The number of hydrogen-bond acceptors (Lipinski definition) is 5. The van der Waals surface area contributed by atoms with Crippen LogP contribution in [0.5, 0.6) is 0 Å². The summed E-state index contributed by atoms with van der Waals surface area (Å²) in [5.74, 6) is -0.262. The van der Waals surface area contributed by atoms with Gasteiger partial charge in [0, 0.05) is 34.5 Å². The van der Waals surface area contributed by atoms with Crippen LogP contribution in [-0.2, 0) is 10.8 Å². The van der Waals surface area contributed by atoms with Gasteiger partial charge in [0.15, 0.2) is 0 Å². The van der Waals surface area contributed by atoms with Gasteiger partial charge in [0.2, 0.25) is 5.95 Å². The van der Waals surface area contributed by atoms with Gasteiger partial charge in [-0.2, -0.15) is 0 Å². The summed E-state index contributed by atoms with van der Waals surface area (Å²) in [6.45, 7) is 3.87. The van der Waals surface area contributed by atoms with Gasteiger partial charge in [0.05, 0.1) is 0 Å². The normalized spacial score (nSPS) is 14.1. The summed E-state index contributed by atoms with van der Waals surface area (Å²) in [4.78, 5) is 19.4. The minimum atomic E-state index is -0.964. The molecule has 2 unspecified atom stereocenters. The van der Waals surface area contributed by atoms with Crippen LogP contribution in [0.3, 0.4) is 0 Å². The van der Waals surface area contributed by atoms with Crippen LogP contribution in [0.4, 0.5) is 5.95 Å². The maximum absolute atomic E-state index is 11.7. The second-order valence-corrected chi connectivity index (χ2v) is 5.57. The first-order valence-corrected chi connectivity index (χ1v) is 6.74. The Balaban J connectivity index is 2.67. The smallest absolute Gasteiger partial charge is 0.270 e. The van der Waals surface area contributed by atoms with E-state index in [4.69, 9.17) is 5.73 Å². The summed E-state index contributed by atoms with van der Waals surface area (Å²) in [6, 6.07) is 1.55. The highest BCUT2D eigenvalue weighted by Crippen LogP contribution is 2.02. The van der Waals surface area contributed by atoms with Crippen LogP contribution in [0.25, 0.3) is 0 Å². The Kier molecular flexibility index (Phi) is 4.56. The van der Waals surface area contributed by atoms with E-state index in [0.717, 1.165) is 0 Å². The van der Waals surface area contributed by atoms with Crippen molar-refractivity contribution in [1.82, 2.24) is 15.3 Å². The number of nitrogens with two attached hydrogens (primary N) is 1. The summed E-state index contributed by atoms with van der Waals surface area (Å²) >= 11 is 0. The van der Waals surface area contributed by atoms with E-state index >= 15 is 0 Å². The highest BCUT2D eigenvalue weighted by Gasteiger charge is 2.12. The summed E-state index contributed by atoms with van der Waals surface area (Å²) in [5, 5.41) is 2.56. The SMILES string of the molecule is Cc1cc(C(=O)NCC(C)S(C)=O)nc(N)n1. The molecule has 0 saturated carbocycles. The molecule has 94 valence electrons. The molecule has 3 N–H and O–H groups in total. The Labute approximate surface area is 102 Å². The molecule has 0 aliphatic rings. The topological polar surface area (TPSA) is 98.0 Å². The average Bonchev–Trinajstić information content (AvgIpc) is 2.23. The number of aromatic nitrogens is 2. The van der Waals surface area contributed by atoms with Crippen LogP contribution in [0.15, 0.2) is 6.07 Å². The minimum absolute atomic E-state index is 0.0715. The first kappa shape index (κ1) is 13.6. The molecule has 1 aromatic heterocycles. The molecule has 1 amide bonds. The molecular formula is C10H16N4O2S. The quantitative estimate of drug-likeness (QED) is 0.781. The lowest BCUT2D eigenvalue weighted by Crippen LogP contribution is -2.33. The van der Waals surface area contributed by atoms with Crippen LogP contribution < -0.4 is 11.1 Å². The highest BCUT2D eigenvalue weighted by atomic mass is 32.2. The first-order chi connectivity index (χ1) is 7.90. The summed E-state index contributed by atoms with van der Waals surface area (Å²) in [6.07, 6.45) is 1.60. The molecule has 0 radical (unpaired) electrons. The Morgan fingerprint density at radius 2 is 2.24 bits per heavy atom. The van der Waals surface area contributed by atoms with Crippen LogP contribution in [-0.4, -0.2) is 38.1 Å². The lowest BCUT2D eigenvalue weighted by Gasteiger charge is -2.09. The second kappa shape index (κ2) is 5.72. The number of nitrogen functional groups attached to an aromatic ring is 1. The van der Waals surface area contributed by atoms with E-state index in [0.29, 0.717) is 12.2 Å². The van der Waals surface area contributed by atoms with Gasteiger partial charge in [-0.15, -0.1) is 0 Å². The summed E-state index contributed by atoms with van der Waals surface area (Å²) in [5.41, 5.74) is 6.31. The van der Waals surface area contributed by atoms with Crippen LogP contribution in [0.1, 0.15) is 23.1 Å². The Hall–Kier alpha value is -1.50. The number of hydrogen-bond donors (Lipinski definition) is 2. The molecule has 0 aliphatic carbocycles. The van der Waals surface area contributed by atoms with E-state index in [1.165, 1.54) is 0 Å². The Morgan fingerprint density at radius 1 is 1.59 bits per heavy atom. The number of nitrogens with one attached hydrogen (secondary N) is 1. The van der Waals surface area contributed by atoms with Crippen molar-refractivity contribution in [2.45, 2.75) is 19.1 Å². The molecule has 6 nitrogen and oxygen atoms in total. The molecular weight excluding hydrogens is 240 g/mol. The number of anilines is 1. The number of rotatable bonds is 4. The zero-order valence-corrected chi connectivity index (χ0v) is 10.9. The first-order valence-electron chi connectivity index (χ1n) is 5.11. The Morgan fingerprint density at radius 3 is 2.76 bits per heavy atom. The van der Waals surface area contributed by atoms with Crippen molar-refractivity contribution >= 4 is 22.7 Å². The average molecular weight is 256 g/mol. The van der Waals surface area contributed by atoms with Crippen molar-refractivity contribution in [3.05, 3.63) is 17.5 Å². The van der Waals surface area contributed by atoms with E-state index in [2.05, 4.69) is 15.3 Å². The third kappa shape index (κ3) is 4.10. The molecule has 17 heavy (non-hydrogen) atoms. The monoisotopic (exact) mass is 256 g/mol. The molecule has 1 heterocycles. The lowest BCUT2D eigenvalue weighted by molar-refractivity contribution is 0.0949. The predicted octanol–water partition coefficient (Wildman–Crippen LogP) is -0.136. The van der Waals surface area contributed by atoms with E-state index in [9.17, 15) is 9.00 Å². The number of carbonyl (C=O) groups is 1. The van der Waals surface area contributed by atoms with Crippen molar-refractivity contribution in [2.75, 3.05) is 18.5 Å². The third-order valence-corrected chi connectivity index (χ3v) is 3.52. The van der Waals surface area contributed by atoms with Gasteiger partial charge in [0.25, 0.3) is 5.91 Å². The van der Waals surface area contributed by atoms with Crippen molar-refractivity contribution in [2.24, 2.45) is 0 Å². The minimum Gasteiger partial charge on any atom is -0.368 e. The molecule has 0 spiro atoms. The molecule has 0 aliphatic heterocycles. The van der Waals surface area contributed by atoms with Crippen LogP contribution in [0.2, 0.25) is 0 Å². The fourth-order valence-electron chi connectivity index (χ4n) is 1.15. The number of nitrogens with zero attached hydrogens (tertiary/aromatic N) is 2. The van der Waals surface area contributed by atoms with Gasteiger partial charge in [-0.05, 0) is 19.9 Å². The molecule has 0 aromatic carbocycles. The molecule has 0 bridgehead atoms. The van der Waals surface area contributed by atoms with Crippen molar-refractivity contribution in [3.63, 3.8) is 0 Å². The standard InChI is InChI=1S/C10H16N4O2S/c1-6-4-8(14-10(11)13-6)9(15)12-5-7(2)17(3)16/h4,7H,5H2,1-3H3,(H,12,15)(H2,11,13,14). The third-order valence-electron chi connectivity index (χ3n) is 2.22. The second-order valence-electron chi connectivity index (χ2n) is 3.77. The van der Waals surface area contributed by atoms with Crippen molar-refractivity contribution < 1.29 is 9.00 Å². The van der Waals surface area contributed by atoms with Gasteiger partial charge in [-0.25, -0.2) is 9.97 Å². The maximum atomic E-state index is 11.7. The zero-order chi connectivity index (χ0) is 13.0. The molecule has 0 saturated heterocycles. The predicted molar refractivity (Wildman–Crippen MR) is 67.0 cm³/mol. The van der Waals surface area contributed by atoms with Gasteiger partial charge in [0.1, 0.15) is 5.69 Å². The Bertz CT molecular complexity index is 430. The summed E-state index contributed by atoms with van der Waals surface area (Å²) < 4.78 is 11.1. The number of carbonyl (C=O) groups excluding carboxylic acids is 1. The largest absolute Gasteiger partial charge is 0.368 e. The fraction of sp³-hybridized carbons (Fsp3) is 0.500. The molecule has 0 fully saturated rings. The molecule has 7 heteroatoms. The van der Waals surface area contributed by atoms with E-state index < -0.39 is 10.8 Å². The van der Waals surface area contributed by atoms with Crippen molar-refractivity contribution in [1.29, 1.82) is 0 Å². The number of aryl methyl sites for hydroxylation is 1. The van der Waals surface area contributed by atoms with Crippen LogP contribution >= 0.6 is 0 Å².